The molecule has 0 atom stereocenters. The van der Waals surface area contributed by atoms with Gasteiger partial charge in [-0.3, -0.25) is 9.78 Å². The molecule has 1 fully saturated rings. The van der Waals surface area contributed by atoms with Crippen LogP contribution in [0.25, 0.3) is 0 Å². The first-order valence-electron chi connectivity index (χ1n) is 6.81. The van der Waals surface area contributed by atoms with Gasteiger partial charge in [0.15, 0.2) is 0 Å². The number of carbonyl (C=O) groups is 2. The van der Waals surface area contributed by atoms with Crippen molar-refractivity contribution in [3.63, 3.8) is 0 Å². The Morgan fingerprint density at radius 1 is 1.45 bits per heavy atom. The highest BCUT2D eigenvalue weighted by atomic mass is 16.4. The molecule has 1 aliphatic carbocycles. The van der Waals surface area contributed by atoms with Gasteiger partial charge in [0.25, 0.3) is 0 Å². The third-order valence-electron chi connectivity index (χ3n) is 3.25. The third-order valence-corrected chi connectivity index (χ3v) is 3.25. The van der Waals surface area contributed by atoms with Crippen molar-refractivity contribution in [3.05, 3.63) is 24.0 Å². The van der Waals surface area contributed by atoms with Crippen LogP contribution in [0.2, 0.25) is 0 Å². The average Bonchev–Trinajstić information content (AvgIpc) is 3.21. The quantitative estimate of drug-likeness (QED) is 0.832. The number of pyridine rings is 1. The first kappa shape index (κ1) is 14.3. The van der Waals surface area contributed by atoms with Gasteiger partial charge in [0.1, 0.15) is 0 Å². The number of hydrogen-bond donors (Lipinski definition) is 2. The number of carboxylic acids is 1. The molecule has 1 saturated carbocycles. The maximum atomic E-state index is 12.1. The van der Waals surface area contributed by atoms with E-state index in [1.54, 1.807) is 17.0 Å². The summed E-state index contributed by atoms with van der Waals surface area (Å²) in [5, 5.41) is 11.4. The maximum absolute atomic E-state index is 12.1. The van der Waals surface area contributed by atoms with Crippen molar-refractivity contribution < 1.29 is 14.7 Å². The summed E-state index contributed by atoms with van der Waals surface area (Å²) in [5.41, 5.74) is 1.05. The number of hydrogen-bond acceptors (Lipinski definition) is 3. The number of carboxylic acid groups (broad SMARTS) is 1. The Balaban J connectivity index is 1.90. The molecule has 0 saturated heterocycles. The third kappa shape index (κ3) is 4.22. The lowest BCUT2D eigenvalue weighted by atomic mass is 10.2. The zero-order valence-electron chi connectivity index (χ0n) is 11.5. The molecular weight excluding hydrogens is 258 g/mol. The van der Waals surface area contributed by atoms with Crippen molar-refractivity contribution >= 4 is 17.7 Å². The number of urea groups is 1. The van der Waals surface area contributed by atoms with Crippen LogP contribution in [0.15, 0.2) is 18.3 Å². The molecule has 1 aromatic heterocycles. The predicted octanol–water partition coefficient (Wildman–Crippen LogP) is 1.97. The number of amides is 2. The molecular formula is C14H19N3O3. The fraction of sp³-hybridized carbons (Fsp3) is 0.500. The van der Waals surface area contributed by atoms with E-state index in [0.717, 1.165) is 6.54 Å². The van der Waals surface area contributed by atoms with E-state index in [0.29, 0.717) is 23.8 Å². The van der Waals surface area contributed by atoms with Crippen LogP contribution >= 0.6 is 0 Å². The summed E-state index contributed by atoms with van der Waals surface area (Å²) in [7, 11) is 0. The van der Waals surface area contributed by atoms with Crippen molar-refractivity contribution in [1.82, 2.24) is 9.88 Å². The lowest BCUT2D eigenvalue weighted by Gasteiger charge is -2.21. The number of anilines is 1. The van der Waals surface area contributed by atoms with Crippen LogP contribution in [0, 0.1) is 5.92 Å². The molecule has 1 aliphatic rings. The summed E-state index contributed by atoms with van der Waals surface area (Å²) < 4.78 is 0. The highest BCUT2D eigenvalue weighted by molar-refractivity contribution is 5.89. The van der Waals surface area contributed by atoms with E-state index < -0.39 is 5.97 Å². The molecule has 0 unspecified atom stereocenters. The topological polar surface area (TPSA) is 82.5 Å². The zero-order valence-corrected chi connectivity index (χ0v) is 11.5. The van der Waals surface area contributed by atoms with Crippen LogP contribution in [0.5, 0.6) is 0 Å². The van der Waals surface area contributed by atoms with Gasteiger partial charge in [-0.2, -0.15) is 0 Å². The van der Waals surface area contributed by atoms with Crippen LogP contribution < -0.4 is 5.32 Å². The molecule has 6 nitrogen and oxygen atoms in total. The second-order valence-electron chi connectivity index (χ2n) is 5.02. The van der Waals surface area contributed by atoms with E-state index in [4.69, 9.17) is 5.11 Å². The molecule has 2 rings (SSSR count). The maximum Gasteiger partial charge on any atom is 0.321 e. The molecule has 0 aliphatic heterocycles. The van der Waals surface area contributed by atoms with E-state index in [2.05, 4.69) is 10.3 Å². The summed E-state index contributed by atoms with van der Waals surface area (Å²) >= 11 is 0. The molecule has 2 N–H and O–H groups in total. The number of aromatic nitrogens is 1. The summed E-state index contributed by atoms with van der Waals surface area (Å²) in [6, 6.07) is 3.15. The molecule has 108 valence electrons. The number of carbonyl (C=O) groups excluding carboxylic acids is 1. The van der Waals surface area contributed by atoms with E-state index in [-0.39, 0.29) is 12.5 Å². The Morgan fingerprint density at radius 3 is 2.70 bits per heavy atom. The Morgan fingerprint density at radius 2 is 2.20 bits per heavy atom. The molecule has 0 radical (unpaired) electrons. The van der Waals surface area contributed by atoms with Crippen molar-refractivity contribution in [1.29, 1.82) is 0 Å². The molecule has 0 bridgehead atoms. The summed E-state index contributed by atoms with van der Waals surface area (Å²) in [5.74, 6) is -0.271. The Kier molecular flexibility index (Phi) is 4.55. The van der Waals surface area contributed by atoms with Crippen LogP contribution in [0.1, 0.15) is 25.5 Å². The first-order chi connectivity index (χ1) is 9.58. The van der Waals surface area contributed by atoms with Crippen LogP contribution in [0.3, 0.4) is 0 Å². The predicted molar refractivity (Wildman–Crippen MR) is 74.6 cm³/mol. The van der Waals surface area contributed by atoms with Gasteiger partial charge in [-0.15, -0.1) is 0 Å². The van der Waals surface area contributed by atoms with Crippen LogP contribution in [0.4, 0.5) is 10.5 Å². The van der Waals surface area contributed by atoms with E-state index in [1.165, 1.54) is 19.0 Å². The van der Waals surface area contributed by atoms with E-state index in [9.17, 15) is 9.59 Å². The molecule has 2 amide bonds. The van der Waals surface area contributed by atoms with Gasteiger partial charge in [-0.25, -0.2) is 4.79 Å². The minimum atomic E-state index is -0.920. The second kappa shape index (κ2) is 6.36. The van der Waals surface area contributed by atoms with Crippen molar-refractivity contribution in [2.24, 2.45) is 5.92 Å². The fourth-order valence-corrected chi connectivity index (χ4v) is 1.93. The van der Waals surface area contributed by atoms with Crippen LogP contribution in [-0.4, -0.2) is 40.1 Å². The molecule has 0 aromatic carbocycles. The molecule has 20 heavy (non-hydrogen) atoms. The summed E-state index contributed by atoms with van der Waals surface area (Å²) in [6.07, 6.45) is 3.78. The van der Waals surface area contributed by atoms with Gasteiger partial charge >= 0.3 is 12.0 Å². The van der Waals surface area contributed by atoms with Gasteiger partial charge in [-0.1, -0.05) is 0 Å². The number of rotatable bonds is 6. The average molecular weight is 277 g/mol. The normalized spacial score (nSPS) is 13.8. The lowest BCUT2D eigenvalue weighted by Crippen LogP contribution is -2.36. The van der Waals surface area contributed by atoms with Gasteiger partial charge in [0.2, 0.25) is 0 Å². The molecule has 1 aromatic rings. The summed E-state index contributed by atoms with van der Waals surface area (Å²) in [4.78, 5) is 28.4. The number of nitrogens with one attached hydrogen (secondary N) is 1. The second-order valence-corrected chi connectivity index (χ2v) is 5.02. The molecule has 0 spiro atoms. The Labute approximate surface area is 117 Å². The van der Waals surface area contributed by atoms with Crippen LogP contribution in [-0.2, 0) is 11.2 Å². The van der Waals surface area contributed by atoms with Gasteiger partial charge in [0, 0.05) is 13.1 Å². The summed E-state index contributed by atoms with van der Waals surface area (Å²) in [6.45, 7) is 3.43. The van der Waals surface area contributed by atoms with Gasteiger partial charge in [0.05, 0.1) is 24.0 Å². The highest BCUT2D eigenvalue weighted by Gasteiger charge is 2.25. The molecule has 6 heteroatoms. The van der Waals surface area contributed by atoms with Crippen molar-refractivity contribution in [3.8, 4) is 0 Å². The van der Waals surface area contributed by atoms with Gasteiger partial charge < -0.3 is 15.3 Å². The SMILES string of the molecule is CCN(CC1CC1)C(=O)Nc1ccc(CC(=O)O)nc1. The zero-order chi connectivity index (χ0) is 14.5. The molecule has 1 heterocycles. The van der Waals surface area contributed by atoms with Crippen molar-refractivity contribution in [2.45, 2.75) is 26.2 Å². The standard InChI is InChI=1S/C14H19N3O3/c1-2-17(9-10-3-4-10)14(20)16-12-6-5-11(15-8-12)7-13(18)19/h5-6,8,10H,2-4,7,9H2,1H3,(H,16,20)(H,18,19). The fourth-order valence-electron chi connectivity index (χ4n) is 1.93. The Hall–Kier alpha value is -2.11. The number of aliphatic carboxylic acids is 1. The highest BCUT2D eigenvalue weighted by Crippen LogP contribution is 2.29. The largest absolute Gasteiger partial charge is 0.481 e. The minimum Gasteiger partial charge on any atom is -0.481 e. The Bertz CT molecular complexity index is 483. The smallest absolute Gasteiger partial charge is 0.321 e. The number of nitrogens with zero attached hydrogens (tertiary/aromatic N) is 2. The van der Waals surface area contributed by atoms with Crippen molar-refractivity contribution in [2.75, 3.05) is 18.4 Å². The van der Waals surface area contributed by atoms with E-state index >= 15 is 0 Å². The van der Waals surface area contributed by atoms with Gasteiger partial charge in [-0.05, 0) is 37.8 Å². The monoisotopic (exact) mass is 277 g/mol. The minimum absolute atomic E-state index is 0.114. The van der Waals surface area contributed by atoms with E-state index in [1.807, 2.05) is 6.92 Å². The lowest BCUT2D eigenvalue weighted by molar-refractivity contribution is -0.136. The first-order valence-corrected chi connectivity index (χ1v) is 6.81.